The molecule has 0 bridgehead atoms. The Bertz CT molecular complexity index is 1470. The summed E-state index contributed by atoms with van der Waals surface area (Å²) in [6.45, 7) is 2.10. The molecular weight excluding hydrogens is 534 g/mol. The SMILES string of the molecule is CCN=C(N)N(C(=O)c1ccc(-c2nnn(C)n2)cc1)[C@H](COC)c1ccc(Cl)c(-n2ncnc2C(F)F)c1. The molecule has 12 nitrogen and oxygen atoms in total. The lowest BCUT2D eigenvalue weighted by Crippen LogP contribution is -2.46. The van der Waals surface area contributed by atoms with Gasteiger partial charge in [0, 0.05) is 24.8 Å². The predicted octanol–water partition coefficient (Wildman–Crippen LogP) is 3.21. The number of aliphatic imine (C=N–C) groups is 1. The average molecular weight is 559 g/mol. The summed E-state index contributed by atoms with van der Waals surface area (Å²) < 4.78 is 33.4. The molecule has 0 radical (unpaired) electrons. The lowest BCUT2D eigenvalue weighted by Gasteiger charge is -2.31. The largest absolute Gasteiger partial charge is 0.382 e. The number of aryl methyl sites for hydroxylation is 1. The maximum absolute atomic E-state index is 13.8. The highest BCUT2D eigenvalue weighted by Crippen LogP contribution is 2.31. The zero-order chi connectivity index (χ0) is 28.1. The van der Waals surface area contributed by atoms with Gasteiger partial charge in [0.15, 0.2) is 11.8 Å². The molecule has 0 aliphatic rings. The normalized spacial score (nSPS) is 12.6. The van der Waals surface area contributed by atoms with Crippen molar-refractivity contribution in [2.75, 3.05) is 20.3 Å². The van der Waals surface area contributed by atoms with E-state index in [9.17, 15) is 13.6 Å². The van der Waals surface area contributed by atoms with E-state index in [1.165, 1.54) is 28.9 Å². The van der Waals surface area contributed by atoms with E-state index in [1.54, 1.807) is 44.3 Å². The van der Waals surface area contributed by atoms with Crippen molar-refractivity contribution in [3.8, 4) is 17.1 Å². The molecule has 0 unspecified atom stereocenters. The van der Waals surface area contributed by atoms with Gasteiger partial charge in [-0.05, 0) is 42.0 Å². The molecule has 0 aliphatic carbocycles. The van der Waals surface area contributed by atoms with Crippen LogP contribution in [0, 0.1) is 0 Å². The Morgan fingerprint density at radius 1 is 1.23 bits per heavy atom. The van der Waals surface area contributed by atoms with Crippen LogP contribution in [0.4, 0.5) is 8.78 Å². The van der Waals surface area contributed by atoms with Gasteiger partial charge in [0.05, 0.1) is 30.4 Å². The van der Waals surface area contributed by atoms with Crippen LogP contribution in [0.3, 0.4) is 0 Å². The second-order valence-corrected chi connectivity index (χ2v) is 8.61. The number of halogens is 3. The number of aromatic nitrogens is 7. The molecule has 0 fully saturated rings. The van der Waals surface area contributed by atoms with Crippen molar-refractivity contribution in [1.29, 1.82) is 0 Å². The molecule has 1 atom stereocenters. The number of hydrogen-bond donors (Lipinski definition) is 1. The molecule has 4 rings (SSSR count). The zero-order valence-corrected chi connectivity index (χ0v) is 22.0. The number of ether oxygens (including phenoxy) is 1. The Kier molecular flexibility index (Phi) is 8.56. The van der Waals surface area contributed by atoms with E-state index in [1.807, 2.05) is 0 Å². The first-order valence-corrected chi connectivity index (χ1v) is 12.1. The third kappa shape index (κ3) is 5.91. The minimum absolute atomic E-state index is 0.00736. The highest BCUT2D eigenvalue weighted by atomic mass is 35.5. The molecule has 0 spiro atoms. The lowest BCUT2D eigenvalue weighted by molar-refractivity contribution is 0.0698. The van der Waals surface area contributed by atoms with Crippen LogP contribution in [-0.2, 0) is 11.8 Å². The van der Waals surface area contributed by atoms with Crippen molar-refractivity contribution in [3.63, 3.8) is 0 Å². The Morgan fingerprint density at radius 2 is 1.97 bits per heavy atom. The van der Waals surface area contributed by atoms with Gasteiger partial charge in [-0.3, -0.25) is 14.7 Å². The standard InChI is InChI=1S/C24H25ClF2N10O2/c1-4-29-24(28)36(23(38)15-7-5-14(6-8-15)21-32-34-35(2)33-21)19(12-39-3)16-9-10-17(25)18(11-16)37-22(20(26)27)30-13-31-37/h5-11,13,19-20H,4,12H2,1-3H3,(H2,28,29)/t19-/m1/s1. The number of methoxy groups -OCH3 is 1. The van der Waals surface area contributed by atoms with Gasteiger partial charge in [-0.25, -0.2) is 18.4 Å². The number of alkyl halides is 2. The number of nitrogens with zero attached hydrogens (tertiary/aromatic N) is 9. The number of amides is 1. The van der Waals surface area contributed by atoms with Crippen LogP contribution in [-0.4, -0.2) is 72.0 Å². The van der Waals surface area contributed by atoms with Crippen molar-refractivity contribution >= 4 is 23.5 Å². The smallest absolute Gasteiger partial charge is 0.297 e. The number of carbonyl (C=O) groups is 1. The molecule has 204 valence electrons. The van der Waals surface area contributed by atoms with Crippen molar-refractivity contribution < 1.29 is 18.3 Å². The molecular formula is C24H25ClF2N10O2. The first-order chi connectivity index (χ1) is 18.7. The van der Waals surface area contributed by atoms with Gasteiger partial charge in [-0.15, -0.1) is 10.2 Å². The summed E-state index contributed by atoms with van der Waals surface area (Å²) in [6.07, 6.45) is -1.87. The van der Waals surface area contributed by atoms with E-state index < -0.39 is 24.2 Å². The number of guanidine groups is 1. The average Bonchev–Trinajstić information content (AvgIpc) is 3.58. The fraction of sp³-hybridized carbons (Fsp3) is 0.292. The molecule has 0 saturated carbocycles. The van der Waals surface area contributed by atoms with Crippen LogP contribution in [0.2, 0.25) is 5.02 Å². The van der Waals surface area contributed by atoms with E-state index in [2.05, 4.69) is 30.5 Å². The quantitative estimate of drug-likeness (QED) is 0.244. The third-order valence-electron chi connectivity index (χ3n) is 5.67. The summed E-state index contributed by atoms with van der Waals surface area (Å²) in [6, 6.07) is 10.5. The van der Waals surface area contributed by atoms with Crippen molar-refractivity contribution in [1.82, 2.24) is 39.9 Å². The first kappa shape index (κ1) is 27.7. The summed E-state index contributed by atoms with van der Waals surface area (Å²) in [4.78, 5) is 24.3. The molecule has 1 amide bonds. The topological polar surface area (TPSA) is 142 Å². The summed E-state index contributed by atoms with van der Waals surface area (Å²) >= 11 is 6.35. The minimum atomic E-state index is -2.88. The molecule has 0 saturated heterocycles. The fourth-order valence-electron chi connectivity index (χ4n) is 3.91. The Labute approximate surface area is 227 Å². The summed E-state index contributed by atoms with van der Waals surface area (Å²) in [7, 11) is 3.12. The predicted molar refractivity (Wildman–Crippen MR) is 139 cm³/mol. The van der Waals surface area contributed by atoms with Crippen LogP contribution >= 0.6 is 11.6 Å². The molecule has 15 heteroatoms. The van der Waals surface area contributed by atoms with Crippen LogP contribution in [0.1, 0.15) is 41.1 Å². The van der Waals surface area contributed by atoms with Crippen LogP contribution in [0.5, 0.6) is 0 Å². The van der Waals surface area contributed by atoms with E-state index in [4.69, 9.17) is 22.1 Å². The molecule has 2 N–H and O–H groups in total. The van der Waals surface area contributed by atoms with Crippen LogP contribution < -0.4 is 5.73 Å². The second-order valence-electron chi connectivity index (χ2n) is 8.20. The number of hydrogen-bond acceptors (Lipinski definition) is 8. The van der Waals surface area contributed by atoms with Gasteiger partial charge in [-0.2, -0.15) is 9.90 Å². The number of benzene rings is 2. The maximum atomic E-state index is 13.8. The van der Waals surface area contributed by atoms with Crippen molar-refractivity contribution in [2.24, 2.45) is 17.8 Å². The number of tetrazole rings is 1. The lowest BCUT2D eigenvalue weighted by atomic mass is 10.0. The van der Waals surface area contributed by atoms with Gasteiger partial charge in [0.1, 0.15) is 6.33 Å². The summed E-state index contributed by atoms with van der Waals surface area (Å²) in [5, 5.41) is 16.0. The molecule has 39 heavy (non-hydrogen) atoms. The zero-order valence-electron chi connectivity index (χ0n) is 21.2. The number of carbonyl (C=O) groups excluding carboxylic acids is 1. The fourth-order valence-corrected chi connectivity index (χ4v) is 4.10. The minimum Gasteiger partial charge on any atom is -0.382 e. The summed E-state index contributed by atoms with van der Waals surface area (Å²) in [5.74, 6) is -0.677. The van der Waals surface area contributed by atoms with E-state index in [0.29, 0.717) is 29.1 Å². The monoisotopic (exact) mass is 558 g/mol. The van der Waals surface area contributed by atoms with Gasteiger partial charge >= 0.3 is 0 Å². The highest BCUT2D eigenvalue weighted by Gasteiger charge is 2.30. The van der Waals surface area contributed by atoms with E-state index >= 15 is 0 Å². The van der Waals surface area contributed by atoms with E-state index in [-0.39, 0.29) is 23.3 Å². The van der Waals surface area contributed by atoms with Gasteiger partial charge < -0.3 is 10.5 Å². The molecule has 0 aliphatic heterocycles. The first-order valence-electron chi connectivity index (χ1n) is 11.7. The number of nitrogens with two attached hydrogens (primary N) is 1. The molecule has 4 aromatic rings. The highest BCUT2D eigenvalue weighted by molar-refractivity contribution is 6.32. The molecule has 2 heterocycles. The van der Waals surface area contributed by atoms with Crippen LogP contribution in [0.25, 0.3) is 17.1 Å². The Balaban J connectivity index is 1.76. The second kappa shape index (κ2) is 12.0. The maximum Gasteiger partial charge on any atom is 0.297 e. The van der Waals surface area contributed by atoms with E-state index in [0.717, 1.165) is 11.0 Å². The number of rotatable bonds is 9. The van der Waals surface area contributed by atoms with Crippen molar-refractivity contribution in [3.05, 3.63) is 70.8 Å². The Morgan fingerprint density at radius 3 is 2.59 bits per heavy atom. The van der Waals surface area contributed by atoms with Gasteiger partial charge in [-0.1, -0.05) is 29.8 Å². The van der Waals surface area contributed by atoms with Gasteiger partial charge in [0.25, 0.3) is 12.3 Å². The third-order valence-corrected chi connectivity index (χ3v) is 5.99. The van der Waals surface area contributed by atoms with Crippen molar-refractivity contribution in [2.45, 2.75) is 19.4 Å². The molecule has 2 aromatic carbocycles. The van der Waals surface area contributed by atoms with Gasteiger partial charge in [0.2, 0.25) is 5.82 Å². The summed E-state index contributed by atoms with van der Waals surface area (Å²) in [5.41, 5.74) is 7.93. The molecule has 2 aromatic heterocycles. The Hall–Kier alpha value is -4.30. The van der Waals surface area contributed by atoms with Crippen LogP contribution in [0.15, 0.2) is 53.8 Å².